The van der Waals surface area contributed by atoms with Gasteiger partial charge in [-0.3, -0.25) is 4.79 Å². The van der Waals surface area contributed by atoms with E-state index in [2.05, 4.69) is 16.0 Å². The van der Waals surface area contributed by atoms with Crippen LogP contribution in [-0.4, -0.2) is 23.0 Å². The molecule has 0 aliphatic rings. The van der Waals surface area contributed by atoms with E-state index in [9.17, 15) is 19.5 Å². The third kappa shape index (κ3) is 5.78. The summed E-state index contributed by atoms with van der Waals surface area (Å²) in [4.78, 5) is 38.5. The number of carbonyl (C=O) groups excluding carboxylic acids is 2. The van der Waals surface area contributed by atoms with Gasteiger partial charge in [0, 0.05) is 5.69 Å². The van der Waals surface area contributed by atoms with Crippen LogP contribution >= 0.6 is 0 Å². The van der Waals surface area contributed by atoms with Gasteiger partial charge in [-0.15, -0.1) is 0 Å². The molecule has 3 amide bonds. The molecule has 7 nitrogen and oxygen atoms in total. The van der Waals surface area contributed by atoms with Gasteiger partial charge in [0.25, 0.3) is 5.91 Å². The average Bonchev–Trinajstić information content (AvgIpc) is 2.91. The first-order chi connectivity index (χ1) is 17.9. The zero-order valence-corrected chi connectivity index (χ0v) is 20.7. The van der Waals surface area contributed by atoms with Crippen molar-refractivity contribution in [3.63, 3.8) is 0 Å². The Morgan fingerprint density at radius 1 is 0.757 bits per heavy atom. The maximum absolute atomic E-state index is 13.4. The van der Waals surface area contributed by atoms with Crippen molar-refractivity contribution in [1.82, 2.24) is 5.32 Å². The predicted molar refractivity (Wildman–Crippen MR) is 146 cm³/mol. The van der Waals surface area contributed by atoms with E-state index in [1.807, 2.05) is 56.3 Å². The number of urea groups is 1. The van der Waals surface area contributed by atoms with E-state index in [-0.39, 0.29) is 11.3 Å². The van der Waals surface area contributed by atoms with Crippen LogP contribution in [-0.2, 0) is 17.6 Å². The smallest absolute Gasteiger partial charge is 0.330 e. The van der Waals surface area contributed by atoms with E-state index in [0.717, 1.165) is 40.4 Å². The maximum atomic E-state index is 13.4. The first-order valence-corrected chi connectivity index (χ1v) is 12.2. The minimum atomic E-state index is -1.25. The number of hydrogen-bond donors (Lipinski definition) is 4. The van der Waals surface area contributed by atoms with Crippen molar-refractivity contribution in [2.24, 2.45) is 0 Å². The number of carbonyl (C=O) groups is 3. The average molecular weight is 496 g/mol. The second kappa shape index (κ2) is 11.4. The van der Waals surface area contributed by atoms with Gasteiger partial charge in [0.05, 0.1) is 11.3 Å². The molecule has 4 aromatic carbocycles. The number of aliphatic carboxylic acids is 1. The Morgan fingerprint density at radius 3 is 1.95 bits per heavy atom. The maximum Gasteiger partial charge on any atom is 0.330 e. The molecule has 0 fully saturated rings. The van der Waals surface area contributed by atoms with Crippen LogP contribution in [0.1, 0.15) is 46.9 Å². The highest BCUT2D eigenvalue weighted by molar-refractivity contribution is 6.10. The fourth-order valence-electron chi connectivity index (χ4n) is 4.34. The van der Waals surface area contributed by atoms with E-state index >= 15 is 0 Å². The van der Waals surface area contributed by atoms with Crippen LogP contribution in [0, 0.1) is 0 Å². The fraction of sp³-hybridized carbons (Fsp3) is 0.167. The fourth-order valence-corrected chi connectivity index (χ4v) is 4.34. The van der Waals surface area contributed by atoms with Crippen molar-refractivity contribution in [1.29, 1.82) is 0 Å². The van der Waals surface area contributed by atoms with Crippen LogP contribution in [0.3, 0.4) is 0 Å². The number of anilines is 2. The molecule has 4 N–H and O–H groups in total. The first-order valence-electron chi connectivity index (χ1n) is 12.2. The van der Waals surface area contributed by atoms with E-state index in [1.54, 1.807) is 42.5 Å². The van der Waals surface area contributed by atoms with Crippen LogP contribution in [0.15, 0.2) is 84.9 Å². The molecule has 0 heterocycles. The summed E-state index contributed by atoms with van der Waals surface area (Å²) in [6, 6.07) is 23.5. The molecule has 1 unspecified atom stereocenters. The number of rotatable bonds is 8. The number of carboxylic acid groups (broad SMARTS) is 1. The van der Waals surface area contributed by atoms with Crippen molar-refractivity contribution >= 4 is 40.1 Å². The van der Waals surface area contributed by atoms with Crippen molar-refractivity contribution in [2.75, 3.05) is 10.6 Å². The molecule has 0 radical (unpaired) electrons. The van der Waals surface area contributed by atoms with Crippen molar-refractivity contribution in [3.05, 3.63) is 107 Å². The third-order valence-electron chi connectivity index (χ3n) is 6.27. The van der Waals surface area contributed by atoms with Gasteiger partial charge in [-0.2, -0.15) is 0 Å². The molecule has 0 aliphatic heterocycles. The molecular weight excluding hydrogens is 466 g/mol. The van der Waals surface area contributed by atoms with Gasteiger partial charge in [-0.25, -0.2) is 9.59 Å². The summed E-state index contributed by atoms with van der Waals surface area (Å²) in [6.07, 6.45) is 1.51. The van der Waals surface area contributed by atoms with Gasteiger partial charge < -0.3 is 21.1 Å². The molecule has 7 heteroatoms. The summed E-state index contributed by atoms with van der Waals surface area (Å²) >= 11 is 0. The lowest BCUT2D eigenvalue weighted by Crippen LogP contribution is -2.34. The molecule has 0 saturated heterocycles. The minimum Gasteiger partial charge on any atom is -0.479 e. The lowest BCUT2D eigenvalue weighted by atomic mass is 10.0. The normalized spacial score (nSPS) is 11.5. The Morgan fingerprint density at radius 2 is 1.35 bits per heavy atom. The lowest BCUT2D eigenvalue weighted by Gasteiger charge is -2.19. The van der Waals surface area contributed by atoms with Crippen LogP contribution in [0.4, 0.5) is 16.2 Å². The van der Waals surface area contributed by atoms with Crippen molar-refractivity contribution < 1.29 is 19.5 Å². The Kier molecular flexibility index (Phi) is 7.83. The van der Waals surface area contributed by atoms with Gasteiger partial charge in [0.2, 0.25) is 0 Å². The van der Waals surface area contributed by atoms with Crippen molar-refractivity contribution in [3.8, 4) is 0 Å². The third-order valence-corrected chi connectivity index (χ3v) is 6.27. The summed E-state index contributed by atoms with van der Waals surface area (Å²) in [6.45, 7) is 4.05. The summed E-state index contributed by atoms with van der Waals surface area (Å²) in [5.74, 6) is -1.80. The van der Waals surface area contributed by atoms with E-state index in [0.29, 0.717) is 5.56 Å². The molecule has 188 valence electrons. The highest BCUT2D eigenvalue weighted by atomic mass is 16.4. The Bertz CT molecular complexity index is 1430. The van der Waals surface area contributed by atoms with Crippen LogP contribution in [0.2, 0.25) is 0 Å². The van der Waals surface area contributed by atoms with E-state index in [4.69, 9.17) is 0 Å². The highest BCUT2D eigenvalue weighted by Crippen LogP contribution is 2.27. The zero-order chi connectivity index (χ0) is 26.4. The van der Waals surface area contributed by atoms with E-state index < -0.39 is 23.9 Å². The van der Waals surface area contributed by atoms with Gasteiger partial charge in [0.15, 0.2) is 6.04 Å². The Hall–Kier alpha value is -4.65. The number of carboxylic acids is 1. The first kappa shape index (κ1) is 25.4. The lowest BCUT2D eigenvalue weighted by molar-refractivity contribution is -0.139. The van der Waals surface area contributed by atoms with Gasteiger partial charge in [-0.1, -0.05) is 86.6 Å². The Balaban J connectivity index is 1.67. The van der Waals surface area contributed by atoms with E-state index in [1.165, 1.54) is 0 Å². The second-order valence-corrected chi connectivity index (χ2v) is 8.64. The van der Waals surface area contributed by atoms with Gasteiger partial charge >= 0.3 is 12.0 Å². The number of para-hydroxylation sites is 1. The SMILES string of the molecule is CCc1cccc(CC)c1NC(=O)Nc1cc2ccccc2cc1C(=O)NC(C(=O)O)c1ccccc1. The molecular formula is C30H29N3O4. The number of aryl methyl sites for hydroxylation is 2. The summed E-state index contributed by atoms with van der Waals surface area (Å²) < 4.78 is 0. The van der Waals surface area contributed by atoms with Crippen LogP contribution in [0.25, 0.3) is 10.8 Å². The number of amides is 3. The summed E-state index contributed by atoms with van der Waals surface area (Å²) in [5.41, 5.74) is 3.66. The zero-order valence-electron chi connectivity index (χ0n) is 20.7. The molecule has 0 saturated carbocycles. The molecule has 1 atom stereocenters. The van der Waals surface area contributed by atoms with Gasteiger partial charge in [0.1, 0.15) is 0 Å². The monoisotopic (exact) mass is 495 g/mol. The second-order valence-electron chi connectivity index (χ2n) is 8.64. The molecule has 4 rings (SSSR count). The number of hydrogen-bond acceptors (Lipinski definition) is 3. The molecule has 0 aromatic heterocycles. The minimum absolute atomic E-state index is 0.163. The summed E-state index contributed by atoms with van der Waals surface area (Å²) in [7, 11) is 0. The number of nitrogens with one attached hydrogen (secondary N) is 3. The highest BCUT2D eigenvalue weighted by Gasteiger charge is 2.24. The standard InChI is InChI=1S/C30H29N3O4/c1-3-19-15-10-16-20(4-2)26(19)33-30(37)31-25-18-23-14-9-8-13-22(23)17-24(25)28(34)32-27(29(35)36)21-11-6-5-7-12-21/h5-18,27H,3-4H2,1-2H3,(H,32,34)(H,35,36)(H2,31,33,37). The Labute approximate surface area is 215 Å². The molecule has 4 aromatic rings. The van der Waals surface area contributed by atoms with Gasteiger partial charge in [-0.05, 0) is 52.4 Å². The predicted octanol–water partition coefficient (Wildman–Crippen LogP) is 6.16. The number of fused-ring (bicyclic) bond motifs is 1. The van der Waals surface area contributed by atoms with Crippen LogP contribution < -0.4 is 16.0 Å². The largest absolute Gasteiger partial charge is 0.479 e. The quantitative estimate of drug-likeness (QED) is 0.235. The topological polar surface area (TPSA) is 108 Å². The molecule has 0 aliphatic carbocycles. The summed E-state index contributed by atoms with van der Waals surface area (Å²) in [5, 5.41) is 19.8. The molecule has 37 heavy (non-hydrogen) atoms. The number of benzene rings is 4. The van der Waals surface area contributed by atoms with Crippen molar-refractivity contribution in [2.45, 2.75) is 32.7 Å². The van der Waals surface area contributed by atoms with Crippen LogP contribution in [0.5, 0.6) is 0 Å². The molecule has 0 spiro atoms. The molecule has 0 bridgehead atoms.